The highest BCUT2D eigenvalue weighted by Gasteiger charge is 2.29. The van der Waals surface area contributed by atoms with Crippen molar-refractivity contribution in [2.45, 2.75) is 31.8 Å². The Hall–Kier alpha value is -1.36. The van der Waals surface area contributed by atoms with Gasteiger partial charge in [-0.3, -0.25) is 4.79 Å². The van der Waals surface area contributed by atoms with Gasteiger partial charge >= 0.3 is 5.97 Å². The van der Waals surface area contributed by atoms with Gasteiger partial charge in [0.1, 0.15) is 0 Å². The maximum Gasteiger partial charge on any atom is 0.337 e. The Kier molecular flexibility index (Phi) is 5.62. The lowest BCUT2D eigenvalue weighted by atomic mass is 10.1. The molecule has 0 rings (SSSR count). The molecule has 0 aromatic rings. The van der Waals surface area contributed by atoms with Crippen LogP contribution in [-0.4, -0.2) is 34.2 Å². The maximum atomic E-state index is 11.1. The minimum atomic E-state index is -1.91. The van der Waals surface area contributed by atoms with Crippen molar-refractivity contribution in [2.24, 2.45) is 0 Å². The second-order valence-electron chi connectivity index (χ2n) is 3.54. The zero-order valence-electron chi connectivity index (χ0n) is 8.82. The number of carboxylic acids is 1. The number of carbonyl (C=O) groups excluding carboxylic acids is 1. The molecule has 0 aliphatic carbocycles. The van der Waals surface area contributed by atoms with Gasteiger partial charge in [-0.2, -0.15) is 0 Å². The predicted octanol–water partition coefficient (Wildman–Crippen LogP) is 0.294. The first kappa shape index (κ1) is 13.6. The van der Waals surface area contributed by atoms with E-state index in [2.05, 4.69) is 11.9 Å². The smallest absolute Gasteiger partial charge is 0.337 e. The monoisotopic (exact) mass is 215 g/mol. The van der Waals surface area contributed by atoms with E-state index in [1.54, 1.807) is 6.08 Å². The molecule has 0 bridgehead atoms. The van der Waals surface area contributed by atoms with Crippen LogP contribution in [0.5, 0.6) is 0 Å². The number of allylic oxidation sites excluding steroid dienone is 1. The number of hydrogen-bond acceptors (Lipinski definition) is 3. The van der Waals surface area contributed by atoms with Gasteiger partial charge in [0.2, 0.25) is 5.91 Å². The Morgan fingerprint density at radius 3 is 2.60 bits per heavy atom. The van der Waals surface area contributed by atoms with E-state index < -0.39 is 11.6 Å². The van der Waals surface area contributed by atoms with Crippen LogP contribution in [0.1, 0.15) is 26.2 Å². The van der Waals surface area contributed by atoms with Gasteiger partial charge in [-0.25, -0.2) is 4.79 Å². The van der Waals surface area contributed by atoms with E-state index in [1.807, 2.05) is 0 Å². The van der Waals surface area contributed by atoms with Gasteiger partial charge in [0, 0.05) is 6.42 Å². The summed E-state index contributed by atoms with van der Waals surface area (Å²) in [6.07, 6.45) is 3.43. The van der Waals surface area contributed by atoms with E-state index in [9.17, 15) is 14.7 Å². The Bertz CT molecular complexity index is 248. The molecule has 0 radical (unpaired) electrons. The van der Waals surface area contributed by atoms with Crippen LogP contribution in [0, 0.1) is 0 Å². The number of rotatable bonds is 7. The van der Waals surface area contributed by atoms with E-state index in [1.165, 1.54) is 0 Å². The Morgan fingerprint density at radius 1 is 1.53 bits per heavy atom. The average Bonchev–Trinajstić information content (AvgIpc) is 2.15. The number of aliphatic carboxylic acids is 1. The molecule has 0 saturated heterocycles. The van der Waals surface area contributed by atoms with Crippen LogP contribution in [-0.2, 0) is 9.59 Å². The van der Waals surface area contributed by atoms with Gasteiger partial charge in [0.25, 0.3) is 0 Å². The fraction of sp³-hybridized carbons (Fsp3) is 0.600. The van der Waals surface area contributed by atoms with Crippen molar-refractivity contribution in [2.75, 3.05) is 6.54 Å². The fourth-order valence-corrected chi connectivity index (χ4v) is 0.842. The number of carbonyl (C=O) groups is 2. The highest BCUT2D eigenvalue weighted by atomic mass is 16.4. The quantitative estimate of drug-likeness (QED) is 0.421. The van der Waals surface area contributed by atoms with E-state index >= 15 is 0 Å². The Balaban J connectivity index is 3.80. The summed E-state index contributed by atoms with van der Waals surface area (Å²) in [5.74, 6) is -1.62. The summed E-state index contributed by atoms with van der Waals surface area (Å²) in [7, 11) is 0. The minimum Gasteiger partial charge on any atom is -0.479 e. The van der Waals surface area contributed by atoms with Crippen molar-refractivity contribution in [3.05, 3.63) is 12.7 Å². The molecular formula is C10H17NO4. The number of unbranched alkanes of at least 4 members (excludes halogenated alkanes) is 1. The van der Waals surface area contributed by atoms with Crippen molar-refractivity contribution < 1.29 is 19.8 Å². The van der Waals surface area contributed by atoms with E-state index in [4.69, 9.17) is 5.11 Å². The van der Waals surface area contributed by atoms with Gasteiger partial charge in [-0.1, -0.05) is 6.08 Å². The SMILES string of the molecule is C=CCCCC(=O)NCC(C)(O)C(=O)O. The zero-order chi connectivity index (χ0) is 11.9. The van der Waals surface area contributed by atoms with Crippen molar-refractivity contribution in [3.8, 4) is 0 Å². The van der Waals surface area contributed by atoms with Crippen molar-refractivity contribution in [1.82, 2.24) is 5.32 Å². The first-order valence-electron chi connectivity index (χ1n) is 4.73. The molecule has 15 heavy (non-hydrogen) atoms. The Morgan fingerprint density at radius 2 is 2.13 bits per heavy atom. The predicted molar refractivity (Wildman–Crippen MR) is 55.3 cm³/mol. The lowest BCUT2D eigenvalue weighted by Gasteiger charge is -2.18. The maximum absolute atomic E-state index is 11.1. The third-order valence-electron chi connectivity index (χ3n) is 1.90. The standard InChI is InChI=1S/C10H17NO4/c1-3-4-5-6-8(12)11-7-10(2,15)9(13)14/h3,15H,1,4-7H2,2H3,(H,11,12)(H,13,14). The summed E-state index contributed by atoms with van der Waals surface area (Å²) in [6, 6.07) is 0. The highest BCUT2D eigenvalue weighted by Crippen LogP contribution is 2.01. The lowest BCUT2D eigenvalue weighted by molar-refractivity contribution is -0.156. The van der Waals surface area contributed by atoms with Crippen molar-refractivity contribution >= 4 is 11.9 Å². The summed E-state index contributed by atoms with van der Waals surface area (Å²) in [5, 5.41) is 20.2. The molecule has 0 aromatic heterocycles. The second kappa shape index (κ2) is 6.19. The van der Waals surface area contributed by atoms with Crippen LogP contribution in [0.15, 0.2) is 12.7 Å². The van der Waals surface area contributed by atoms with Crippen LogP contribution >= 0.6 is 0 Å². The Labute approximate surface area is 88.8 Å². The van der Waals surface area contributed by atoms with Gasteiger partial charge in [0.15, 0.2) is 5.60 Å². The number of hydrogen-bond donors (Lipinski definition) is 3. The molecule has 3 N–H and O–H groups in total. The third kappa shape index (κ3) is 5.85. The molecule has 0 aliphatic rings. The molecule has 0 saturated carbocycles. The largest absolute Gasteiger partial charge is 0.479 e. The topological polar surface area (TPSA) is 86.6 Å². The van der Waals surface area contributed by atoms with Crippen LogP contribution in [0.2, 0.25) is 0 Å². The number of aliphatic hydroxyl groups is 1. The van der Waals surface area contributed by atoms with Crippen LogP contribution in [0.3, 0.4) is 0 Å². The molecule has 0 spiro atoms. The average molecular weight is 215 g/mol. The molecule has 1 unspecified atom stereocenters. The van der Waals surface area contributed by atoms with E-state index in [-0.39, 0.29) is 12.5 Å². The molecule has 1 amide bonds. The summed E-state index contributed by atoms with van der Waals surface area (Å²) >= 11 is 0. The normalized spacial score (nSPS) is 14.0. The fourth-order valence-electron chi connectivity index (χ4n) is 0.842. The molecular weight excluding hydrogens is 198 g/mol. The lowest BCUT2D eigenvalue weighted by Crippen LogP contribution is -2.46. The summed E-state index contributed by atoms with van der Waals surface area (Å²) in [6.45, 7) is 4.37. The van der Waals surface area contributed by atoms with Crippen LogP contribution in [0.4, 0.5) is 0 Å². The van der Waals surface area contributed by atoms with Gasteiger partial charge in [0.05, 0.1) is 6.54 Å². The number of nitrogens with one attached hydrogen (secondary N) is 1. The molecule has 5 heteroatoms. The van der Waals surface area contributed by atoms with E-state index in [0.717, 1.165) is 13.3 Å². The van der Waals surface area contributed by atoms with Gasteiger partial charge in [-0.15, -0.1) is 6.58 Å². The van der Waals surface area contributed by atoms with Crippen molar-refractivity contribution in [1.29, 1.82) is 0 Å². The summed E-state index contributed by atoms with van der Waals surface area (Å²) in [4.78, 5) is 21.6. The first-order valence-corrected chi connectivity index (χ1v) is 4.73. The van der Waals surface area contributed by atoms with Crippen LogP contribution in [0.25, 0.3) is 0 Å². The van der Waals surface area contributed by atoms with E-state index in [0.29, 0.717) is 12.8 Å². The summed E-state index contributed by atoms with van der Waals surface area (Å²) in [5.41, 5.74) is -1.91. The molecule has 0 aliphatic heterocycles. The molecule has 0 aromatic carbocycles. The first-order chi connectivity index (χ1) is 6.90. The highest BCUT2D eigenvalue weighted by molar-refractivity contribution is 5.80. The van der Waals surface area contributed by atoms with Gasteiger partial charge < -0.3 is 15.5 Å². The number of amides is 1. The molecule has 86 valence electrons. The van der Waals surface area contributed by atoms with Crippen molar-refractivity contribution in [3.63, 3.8) is 0 Å². The zero-order valence-corrected chi connectivity index (χ0v) is 8.82. The number of carboxylic acid groups (broad SMARTS) is 1. The molecule has 0 heterocycles. The third-order valence-corrected chi connectivity index (χ3v) is 1.90. The summed E-state index contributed by atoms with van der Waals surface area (Å²) < 4.78 is 0. The molecule has 0 fully saturated rings. The molecule has 5 nitrogen and oxygen atoms in total. The minimum absolute atomic E-state index is 0.265. The van der Waals surface area contributed by atoms with Crippen LogP contribution < -0.4 is 5.32 Å². The molecule has 1 atom stereocenters. The second-order valence-corrected chi connectivity index (χ2v) is 3.54. The van der Waals surface area contributed by atoms with Gasteiger partial charge in [-0.05, 0) is 19.8 Å².